The van der Waals surface area contributed by atoms with Crippen molar-refractivity contribution < 1.29 is 40.6 Å². The van der Waals surface area contributed by atoms with E-state index in [1.807, 2.05) is 23.1 Å². The van der Waals surface area contributed by atoms with Crippen molar-refractivity contribution in [3.05, 3.63) is 28.8 Å². The number of anilines is 1. The van der Waals surface area contributed by atoms with Gasteiger partial charge < -0.3 is 19.7 Å². The molecule has 0 saturated carbocycles. The average molecular weight is 530 g/mol. The highest BCUT2D eigenvalue weighted by atomic mass is 35.5. The fourth-order valence-corrected chi connectivity index (χ4v) is 5.34. The molecule has 13 heteroatoms. The molecule has 3 fully saturated rings. The molecule has 0 aliphatic carbocycles. The molecule has 0 aromatic heterocycles. The van der Waals surface area contributed by atoms with E-state index in [0.717, 1.165) is 17.8 Å². The second-order valence-electron chi connectivity index (χ2n) is 9.30. The van der Waals surface area contributed by atoms with Crippen molar-refractivity contribution >= 4 is 23.3 Å². The van der Waals surface area contributed by atoms with Crippen LogP contribution in [0.3, 0.4) is 0 Å². The van der Waals surface area contributed by atoms with Gasteiger partial charge in [-0.1, -0.05) is 17.7 Å². The molecule has 4 rings (SSSR count). The predicted molar refractivity (Wildman–Crippen MR) is 115 cm³/mol. The van der Waals surface area contributed by atoms with Gasteiger partial charge in [0.2, 0.25) is 0 Å². The minimum absolute atomic E-state index is 0.102. The van der Waals surface area contributed by atoms with E-state index in [1.165, 1.54) is 0 Å². The Labute approximate surface area is 203 Å². The number of ether oxygens (including phenoxy) is 2. The number of nitrogens with zero attached hydrogens (tertiary/aromatic N) is 2. The minimum atomic E-state index is -5.74. The second kappa shape index (κ2) is 9.95. The Balaban J connectivity index is 1.38. The molecular formula is C22H26ClF6N3O3. The van der Waals surface area contributed by atoms with Gasteiger partial charge in [0.05, 0.1) is 13.2 Å². The van der Waals surface area contributed by atoms with Crippen molar-refractivity contribution in [2.45, 2.75) is 44.0 Å². The summed E-state index contributed by atoms with van der Waals surface area (Å²) in [6, 6.07) is 4.73. The molecule has 6 nitrogen and oxygen atoms in total. The van der Waals surface area contributed by atoms with Gasteiger partial charge in [0, 0.05) is 55.4 Å². The van der Waals surface area contributed by atoms with Crippen molar-refractivity contribution in [3.8, 4) is 0 Å². The lowest BCUT2D eigenvalue weighted by atomic mass is 9.94. The molecule has 196 valence electrons. The van der Waals surface area contributed by atoms with Crippen LogP contribution in [0.2, 0.25) is 5.02 Å². The molecule has 3 heterocycles. The molecule has 3 aliphatic rings. The fraction of sp³-hybridized carbons (Fsp3) is 0.682. The summed E-state index contributed by atoms with van der Waals surface area (Å²) in [5, 5.41) is 3.29. The zero-order valence-corrected chi connectivity index (χ0v) is 19.6. The highest BCUT2D eigenvalue weighted by Crippen LogP contribution is 2.38. The van der Waals surface area contributed by atoms with Gasteiger partial charge in [-0.15, -0.1) is 0 Å². The van der Waals surface area contributed by atoms with Crippen LogP contribution in [0.1, 0.15) is 12.5 Å². The maximum absolute atomic E-state index is 12.8. The third kappa shape index (κ3) is 5.81. The van der Waals surface area contributed by atoms with Crippen molar-refractivity contribution in [2.24, 2.45) is 11.8 Å². The van der Waals surface area contributed by atoms with E-state index in [0.29, 0.717) is 44.4 Å². The maximum atomic E-state index is 12.8. The highest BCUT2D eigenvalue weighted by molar-refractivity contribution is 6.31. The summed E-state index contributed by atoms with van der Waals surface area (Å²) in [6.07, 6.45) is -15.6. The maximum Gasteiger partial charge on any atom is 0.434 e. The number of hydrogen-bond donors (Lipinski definition) is 1. The van der Waals surface area contributed by atoms with Crippen LogP contribution in [0.5, 0.6) is 0 Å². The molecule has 0 radical (unpaired) electrons. The Bertz CT molecular complexity index is 917. The molecule has 35 heavy (non-hydrogen) atoms. The molecular weight excluding hydrogens is 504 g/mol. The standard InChI is InChI=1S/C22H26ClF6N3O3/c1-12-11-34-5-4-32(12)15-3-2-13(17(23)6-15)8-31-9-14-7-30-18(16(14)10-31)19(33)35-20(21(24,25)26)22(27,28)29/h2-3,6,12,14,16,18,20,30H,4-5,7-11H2,1H3. The van der Waals surface area contributed by atoms with Crippen LogP contribution in [-0.2, 0) is 20.8 Å². The Morgan fingerprint density at radius 1 is 1.23 bits per heavy atom. The first-order valence-electron chi connectivity index (χ1n) is 11.3. The number of rotatable bonds is 5. The first-order valence-corrected chi connectivity index (χ1v) is 11.6. The van der Waals surface area contributed by atoms with Crippen LogP contribution in [0.25, 0.3) is 0 Å². The fourth-order valence-electron chi connectivity index (χ4n) is 5.10. The number of likely N-dealkylation sites (tertiary alicyclic amines) is 1. The number of esters is 1. The Hall–Kier alpha value is -1.76. The third-order valence-corrected chi connectivity index (χ3v) is 7.16. The molecule has 1 aromatic carbocycles. The molecule has 3 aliphatic heterocycles. The third-order valence-electron chi connectivity index (χ3n) is 6.81. The largest absolute Gasteiger partial charge is 0.442 e. The summed E-state index contributed by atoms with van der Waals surface area (Å²) in [5.74, 6) is -2.10. The number of nitrogens with one attached hydrogen (secondary N) is 1. The van der Waals surface area contributed by atoms with E-state index < -0.39 is 36.4 Å². The first-order chi connectivity index (χ1) is 16.3. The van der Waals surface area contributed by atoms with Gasteiger partial charge in [-0.2, -0.15) is 26.3 Å². The Morgan fingerprint density at radius 3 is 2.57 bits per heavy atom. The molecule has 0 amide bonds. The Morgan fingerprint density at radius 2 is 1.94 bits per heavy atom. The van der Waals surface area contributed by atoms with Gasteiger partial charge in [-0.3, -0.25) is 9.69 Å². The van der Waals surface area contributed by atoms with E-state index >= 15 is 0 Å². The van der Waals surface area contributed by atoms with Gasteiger partial charge >= 0.3 is 18.3 Å². The van der Waals surface area contributed by atoms with Crippen molar-refractivity contribution in [1.29, 1.82) is 0 Å². The molecule has 1 N–H and O–H groups in total. The lowest BCUT2D eigenvalue weighted by Crippen LogP contribution is -2.49. The number of alkyl halides is 6. The van der Waals surface area contributed by atoms with Crippen LogP contribution in [0.4, 0.5) is 32.0 Å². The number of fused-ring (bicyclic) bond motifs is 1. The van der Waals surface area contributed by atoms with E-state index in [9.17, 15) is 31.1 Å². The van der Waals surface area contributed by atoms with Crippen molar-refractivity contribution in [1.82, 2.24) is 10.2 Å². The van der Waals surface area contributed by atoms with Gasteiger partial charge in [0.15, 0.2) is 0 Å². The van der Waals surface area contributed by atoms with E-state index in [1.54, 1.807) is 0 Å². The highest BCUT2D eigenvalue weighted by Gasteiger charge is 2.61. The average Bonchev–Trinajstić information content (AvgIpc) is 3.32. The summed E-state index contributed by atoms with van der Waals surface area (Å²) in [7, 11) is 0. The zero-order valence-electron chi connectivity index (χ0n) is 18.8. The van der Waals surface area contributed by atoms with Crippen molar-refractivity contribution in [2.75, 3.05) is 44.3 Å². The number of halogens is 7. The number of benzene rings is 1. The van der Waals surface area contributed by atoms with Gasteiger partial charge in [0.1, 0.15) is 6.04 Å². The van der Waals surface area contributed by atoms with Crippen LogP contribution in [0.15, 0.2) is 18.2 Å². The molecule has 1 aromatic rings. The quantitative estimate of drug-likeness (QED) is 0.465. The summed E-state index contributed by atoms with van der Waals surface area (Å²) in [5.41, 5.74) is 1.82. The monoisotopic (exact) mass is 529 g/mol. The summed E-state index contributed by atoms with van der Waals surface area (Å²) < 4.78 is 86.1. The van der Waals surface area contributed by atoms with E-state index in [2.05, 4.69) is 21.9 Å². The van der Waals surface area contributed by atoms with E-state index in [-0.39, 0.29) is 12.0 Å². The second-order valence-corrected chi connectivity index (χ2v) is 9.70. The number of morpholine rings is 1. The summed E-state index contributed by atoms with van der Waals surface area (Å²) in [4.78, 5) is 16.5. The lowest BCUT2D eigenvalue weighted by Gasteiger charge is -2.35. The summed E-state index contributed by atoms with van der Waals surface area (Å²) >= 11 is 6.53. The van der Waals surface area contributed by atoms with Gasteiger partial charge in [-0.25, -0.2) is 0 Å². The molecule has 0 spiro atoms. The van der Waals surface area contributed by atoms with Crippen LogP contribution in [-0.4, -0.2) is 80.8 Å². The molecule has 3 saturated heterocycles. The van der Waals surface area contributed by atoms with E-state index in [4.69, 9.17) is 16.3 Å². The SMILES string of the molecule is CC1COCCN1c1ccc(CN2CC3CNC(C(=O)OC(C(F)(F)F)C(F)(F)F)C3C2)c(Cl)c1. The topological polar surface area (TPSA) is 54.0 Å². The van der Waals surface area contributed by atoms with Gasteiger partial charge in [0.25, 0.3) is 6.10 Å². The molecule has 4 unspecified atom stereocenters. The van der Waals surface area contributed by atoms with Crippen LogP contribution < -0.4 is 10.2 Å². The van der Waals surface area contributed by atoms with Crippen LogP contribution >= 0.6 is 11.6 Å². The van der Waals surface area contributed by atoms with Gasteiger partial charge in [-0.05, 0) is 30.5 Å². The van der Waals surface area contributed by atoms with Crippen LogP contribution in [0, 0.1) is 11.8 Å². The minimum Gasteiger partial charge on any atom is -0.442 e. The van der Waals surface area contributed by atoms with Crippen molar-refractivity contribution in [3.63, 3.8) is 0 Å². The zero-order chi connectivity index (χ0) is 25.5. The molecule has 0 bridgehead atoms. The number of carbonyl (C=O) groups excluding carboxylic acids is 1. The molecule has 4 atom stereocenters. The number of carbonyl (C=O) groups is 1. The summed E-state index contributed by atoms with van der Waals surface area (Å²) in [6.45, 7) is 5.66. The Kier molecular flexibility index (Phi) is 7.48. The normalized spacial score (nSPS) is 28.0. The predicted octanol–water partition coefficient (Wildman–Crippen LogP) is 3.62. The smallest absolute Gasteiger partial charge is 0.434 e. The lowest BCUT2D eigenvalue weighted by molar-refractivity contribution is -0.314. The first kappa shape index (κ1) is 26.3. The number of hydrogen-bond acceptors (Lipinski definition) is 6.